The number of unbranched alkanes of at least 4 members (excludes halogenated alkanes) is 2. The molecule has 1 amide bonds. The quantitative estimate of drug-likeness (QED) is 0.784. The fourth-order valence-corrected chi connectivity index (χ4v) is 2.14. The Bertz CT molecular complexity index is 548. The van der Waals surface area contributed by atoms with E-state index in [0.717, 1.165) is 36.7 Å². The number of nitrogens with one attached hydrogen (secondary N) is 1. The molecule has 0 fully saturated rings. The normalized spacial score (nSPS) is 10.8. The molecule has 1 aromatic carbocycles. The molecule has 0 unspecified atom stereocenters. The van der Waals surface area contributed by atoms with Gasteiger partial charge in [0.1, 0.15) is 0 Å². The zero-order valence-corrected chi connectivity index (χ0v) is 11.2. The van der Waals surface area contributed by atoms with E-state index in [4.69, 9.17) is 5.11 Å². The highest BCUT2D eigenvalue weighted by Gasteiger charge is 2.11. The SMILES string of the molecule is CN(CCCCCO)C(=O)c1ccc2cc[nH]c2c1. The first-order chi connectivity index (χ1) is 9.22. The zero-order valence-electron chi connectivity index (χ0n) is 11.2. The first kappa shape index (κ1) is 13.6. The maximum absolute atomic E-state index is 12.2. The van der Waals surface area contributed by atoms with Crippen molar-refractivity contribution in [3.63, 3.8) is 0 Å². The van der Waals surface area contributed by atoms with Crippen LogP contribution in [0.15, 0.2) is 30.5 Å². The van der Waals surface area contributed by atoms with Crippen molar-refractivity contribution in [1.82, 2.24) is 9.88 Å². The molecule has 19 heavy (non-hydrogen) atoms. The van der Waals surface area contributed by atoms with Gasteiger partial charge in [-0.3, -0.25) is 4.79 Å². The summed E-state index contributed by atoms with van der Waals surface area (Å²) in [5, 5.41) is 9.83. The van der Waals surface area contributed by atoms with Crippen molar-refractivity contribution in [2.24, 2.45) is 0 Å². The molecular formula is C15H20N2O2. The van der Waals surface area contributed by atoms with Gasteiger partial charge in [0.05, 0.1) is 0 Å². The largest absolute Gasteiger partial charge is 0.396 e. The van der Waals surface area contributed by atoms with Crippen molar-refractivity contribution >= 4 is 16.8 Å². The van der Waals surface area contributed by atoms with Gasteiger partial charge in [-0.25, -0.2) is 0 Å². The highest BCUT2D eigenvalue weighted by Crippen LogP contribution is 2.15. The molecule has 2 rings (SSSR count). The fraction of sp³-hybridized carbons (Fsp3) is 0.400. The van der Waals surface area contributed by atoms with Gasteiger partial charge in [-0.2, -0.15) is 0 Å². The molecule has 2 aromatic rings. The van der Waals surface area contributed by atoms with E-state index < -0.39 is 0 Å². The minimum absolute atomic E-state index is 0.0421. The number of aromatic amines is 1. The highest BCUT2D eigenvalue weighted by atomic mass is 16.2. The summed E-state index contributed by atoms with van der Waals surface area (Å²) in [5.74, 6) is 0.0421. The molecule has 102 valence electrons. The third-order valence-corrected chi connectivity index (χ3v) is 3.30. The lowest BCUT2D eigenvalue weighted by Gasteiger charge is -2.17. The summed E-state index contributed by atoms with van der Waals surface area (Å²) in [7, 11) is 1.82. The Kier molecular flexibility index (Phi) is 4.58. The maximum atomic E-state index is 12.2. The van der Waals surface area contributed by atoms with Crippen LogP contribution in [0.3, 0.4) is 0 Å². The van der Waals surface area contributed by atoms with Gasteiger partial charge in [0, 0.05) is 37.5 Å². The van der Waals surface area contributed by atoms with Crippen LogP contribution in [0.5, 0.6) is 0 Å². The molecule has 0 saturated heterocycles. The molecule has 0 aliphatic heterocycles. The molecule has 1 aromatic heterocycles. The molecule has 0 radical (unpaired) electrons. The predicted molar refractivity (Wildman–Crippen MR) is 76.2 cm³/mol. The van der Waals surface area contributed by atoms with Crippen molar-refractivity contribution in [2.45, 2.75) is 19.3 Å². The summed E-state index contributed by atoms with van der Waals surface area (Å²) in [6.07, 6.45) is 4.55. The second kappa shape index (κ2) is 6.38. The molecule has 0 spiro atoms. The van der Waals surface area contributed by atoms with Crippen LogP contribution in [-0.2, 0) is 0 Å². The summed E-state index contributed by atoms with van der Waals surface area (Å²) in [6.45, 7) is 0.947. The minimum atomic E-state index is 0.0421. The van der Waals surface area contributed by atoms with Crippen LogP contribution < -0.4 is 0 Å². The van der Waals surface area contributed by atoms with Crippen molar-refractivity contribution in [3.8, 4) is 0 Å². The second-order valence-corrected chi connectivity index (χ2v) is 4.79. The zero-order chi connectivity index (χ0) is 13.7. The standard InChI is InChI=1S/C15H20N2O2/c1-17(9-3-2-4-10-18)15(19)13-6-5-12-7-8-16-14(12)11-13/h5-8,11,16,18H,2-4,9-10H2,1H3. The van der Waals surface area contributed by atoms with Gasteiger partial charge in [-0.15, -0.1) is 0 Å². The van der Waals surface area contributed by atoms with Gasteiger partial charge in [0.15, 0.2) is 0 Å². The van der Waals surface area contributed by atoms with E-state index in [1.807, 2.05) is 37.5 Å². The van der Waals surface area contributed by atoms with E-state index in [1.165, 1.54) is 0 Å². The van der Waals surface area contributed by atoms with Crippen LogP contribution in [0.1, 0.15) is 29.6 Å². The van der Waals surface area contributed by atoms with Gasteiger partial charge in [-0.1, -0.05) is 6.07 Å². The van der Waals surface area contributed by atoms with Crippen LogP contribution in [0.4, 0.5) is 0 Å². The topological polar surface area (TPSA) is 56.3 Å². The lowest BCUT2D eigenvalue weighted by molar-refractivity contribution is 0.0792. The number of hydrogen-bond acceptors (Lipinski definition) is 2. The Morgan fingerprint density at radius 3 is 2.89 bits per heavy atom. The smallest absolute Gasteiger partial charge is 0.253 e. The first-order valence-corrected chi connectivity index (χ1v) is 6.66. The molecule has 2 N–H and O–H groups in total. The van der Waals surface area contributed by atoms with Gasteiger partial charge < -0.3 is 15.0 Å². The number of nitrogens with zero attached hydrogens (tertiary/aromatic N) is 1. The summed E-state index contributed by atoms with van der Waals surface area (Å²) in [4.78, 5) is 17.1. The van der Waals surface area contributed by atoms with E-state index >= 15 is 0 Å². The second-order valence-electron chi connectivity index (χ2n) is 4.79. The number of fused-ring (bicyclic) bond motifs is 1. The number of rotatable bonds is 6. The summed E-state index contributed by atoms with van der Waals surface area (Å²) >= 11 is 0. The van der Waals surface area contributed by atoms with Crippen molar-refractivity contribution < 1.29 is 9.90 Å². The van der Waals surface area contributed by atoms with Gasteiger partial charge in [0.2, 0.25) is 0 Å². The molecule has 4 nitrogen and oxygen atoms in total. The monoisotopic (exact) mass is 260 g/mol. The van der Waals surface area contributed by atoms with Crippen molar-refractivity contribution in [2.75, 3.05) is 20.2 Å². The Morgan fingerprint density at radius 2 is 2.11 bits per heavy atom. The van der Waals surface area contributed by atoms with Gasteiger partial charge in [-0.05, 0) is 42.8 Å². The number of aliphatic hydroxyl groups excluding tert-OH is 1. The van der Waals surface area contributed by atoms with Crippen LogP contribution in [0.25, 0.3) is 10.9 Å². The summed E-state index contributed by atoms with van der Waals surface area (Å²) in [5.41, 5.74) is 1.69. The van der Waals surface area contributed by atoms with E-state index in [0.29, 0.717) is 5.56 Å². The minimum Gasteiger partial charge on any atom is -0.396 e. The Morgan fingerprint density at radius 1 is 1.26 bits per heavy atom. The van der Waals surface area contributed by atoms with E-state index in [-0.39, 0.29) is 12.5 Å². The first-order valence-electron chi connectivity index (χ1n) is 6.66. The van der Waals surface area contributed by atoms with E-state index in [9.17, 15) is 4.79 Å². The third kappa shape index (κ3) is 3.35. The summed E-state index contributed by atoms with van der Waals surface area (Å²) < 4.78 is 0. The number of aromatic nitrogens is 1. The van der Waals surface area contributed by atoms with Gasteiger partial charge >= 0.3 is 0 Å². The van der Waals surface area contributed by atoms with Crippen molar-refractivity contribution in [3.05, 3.63) is 36.0 Å². The van der Waals surface area contributed by atoms with Crippen LogP contribution >= 0.6 is 0 Å². The number of carbonyl (C=O) groups is 1. The average Bonchev–Trinajstić information content (AvgIpc) is 2.89. The van der Waals surface area contributed by atoms with Gasteiger partial charge in [0.25, 0.3) is 5.91 Å². The molecule has 0 saturated carbocycles. The molecule has 1 heterocycles. The number of aliphatic hydroxyl groups is 1. The number of H-pyrrole nitrogens is 1. The predicted octanol–water partition coefficient (Wildman–Crippen LogP) is 2.40. The molecule has 0 bridgehead atoms. The van der Waals surface area contributed by atoms with Crippen LogP contribution in [0.2, 0.25) is 0 Å². The van der Waals surface area contributed by atoms with E-state index in [2.05, 4.69) is 4.98 Å². The van der Waals surface area contributed by atoms with Crippen molar-refractivity contribution in [1.29, 1.82) is 0 Å². The average molecular weight is 260 g/mol. The highest BCUT2D eigenvalue weighted by molar-refractivity contribution is 5.97. The van der Waals surface area contributed by atoms with Crippen LogP contribution in [0, 0.1) is 0 Å². The molecule has 0 aliphatic rings. The summed E-state index contributed by atoms with van der Waals surface area (Å²) in [6, 6.07) is 7.70. The number of carbonyl (C=O) groups excluding carboxylic acids is 1. The number of hydrogen-bond donors (Lipinski definition) is 2. The third-order valence-electron chi connectivity index (χ3n) is 3.30. The molecular weight excluding hydrogens is 240 g/mol. The number of benzene rings is 1. The lowest BCUT2D eigenvalue weighted by atomic mass is 10.1. The van der Waals surface area contributed by atoms with E-state index in [1.54, 1.807) is 4.90 Å². The lowest BCUT2D eigenvalue weighted by Crippen LogP contribution is -2.27. The molecule has 0 atom stereocenters. The molecule has 4 heteroatoms. The number of amides is 1. The molecule has 0 aliphatic carbocycles. The van der Waals surface area contributed by atoms with Crippen LogP contribution in [-0.4, -0.2) is 41.1 Å². The fourth-order valence-electron chi connectivity index (χ4n) is 2.14. The Balaban J connectivity index is 1.97. The Hall–Kier alpha value is -1.81. The maximum Gasteiger partial charge on any atom is 0.253 e. The Labute approximate surface area is 113 Å².